The van der Waals surface area contributed by atoms with Gasteiger partial charge in [-0.05, 0) is 71.6 Å². The number of halogens is 7. The fourth-order valence-corrected chi connectivity index (χ4v) is 4.95. The molecule has 0 unspecified atom stereocenters. The maximum absolute atomic E-state index is 13.3. The van der Waals surface area contributed by atoms with Gasteiger partial charge in [0.15, 0.2) is 0 Å². The standard InChI is InChI=1S/C23H19BrF6N2OS/c1-11-6-4-5-7-15(11)18-17(16(31)19(24)34-18)32-20(33)21(2,3)12-8-13(22(25,26)27)10-14(9-12)23(28,29)30/h4-10H,31H2,1-3H3,(H,32,33). The second-order valence-electron chi connectivity index (χ2n) is 8.18. The number of nitrogens with one attached hydrogen (secondary N) is 1. The van der Waals surface area contributed by atoms with Gasteiger partial charge in [0.25, 0.3) is 0 Å². The van der Waals surface area contributed by atoms with Gasteiger partial charge in [-0.1, -0.05) is 24.3 Å². The lowest BCUT2D eigenvalue weighted by Crippen LogP contribution is -2.35. The number of hydrogen-bond donors (Lipinski definition) is 2. The molecule has 0 aliphatic heterocycles. The highest BCUT2D eigenvalue weighted by atomic mass is 79.9. The lowest BCUT2D eigenvalue weighted by molar-refractivity contribution is -0.143. The van der Waals surface area contributed by atoms with Crippen molar-refractivity contribution in [3.8, 4) is 10.4 Å². The van der Waals surface area contributed by atoms with E-state index in [1.54, 1.807) is 6.07 Å². The maximum Gasteiger partial charge on any atom is 0.416 e. The first-order valence-electron chi connectivity index (χ1n) is 9.78. The summed E-state index contributed by atoms with van der Waals surface area (Å²) in [5.41, 5.74) is 3.06. The summed E-state index contributed by atoms with van der Waals surface area (Å²) in [5, 5.41) is 2.63. The van der Waals surface area contributed by atoms with Crippen molar-refractivity contribution in [1.29, 1.82) is 0 Å². The molecule has 2 aromatic carbocycles. The van der Waals surface area contributed by atoms with Crippen molar-refractivity contribution in [2.45, 2.75) is 38.5 Å². The highest BCUT2D eigenvalue weighted by Gasteiger charge is 2.40. The highest BCUT2D eigenvalue weighted by Crippen LogP contribution is 2.47. The molecule has 0 atom stereocenters. The number of rotatable bonds is 4. The molecule has 34 heavy (non-hydrogen) atoms. The zero-order valence-corrected chi connectivity index (χ0v) is 20.5. The molecule has 0 spiro atoms. The normalized spacial score (nSPS) is 12.6. The Bertz CT molecular complexity index is 1210. The Morgan fingerprint density at radius 1 is 0.941 bits per heavy atom. The van der Waals surface area contributed by atoms with E-state index in [1.165, 1.54) is 25.2 Å². The third kappa shape index (κ3) is 5.10. The maximum atomic E-state index is 13.3. The van der Waals surface area contributed by atoms with Crippen LogP contribution in [-0.2, 0) is 22.6 Å². The molecular weight excluding hydrogens is 546 g/mol. The molecule has 182 valence electrons. The second-order valence-corrected chi connectivity index (χ2v) is 10.5. The fourth-order valence-electron chi connectivity index (χ4n) is 3.27. The van der Waals surface area contributed by atoms with E-state index in [0.29, 0.717) is 20.8 Å². The summed E-state index contributed by atoms with van der Waals surface area (Å²) in [5.74, 6) is -0.813. The van der Waals surface area contributed by atoms with Crippen molar-refractivity contribution in [1.82, 2.24) is 0 Å². The van der Waals surface area contributed by atoms with Gasteiger partial charge in [-0.25, -0.2) is 0 Å². The lowest BCUT2D eigenvalue weighted by atomic mass is 9.81. The predicted octanol–water partition coefficient (Wildman–Crippen LogP) is 8.02. The van der Waals surface area contributed by atoms with Crippen LogP contribution < -0.4 is 11.1 Å². The third-order valence-electron chi connectivity index (χ3n) is 5.41. The van der Waals surface area contributed by atoms with Gasteiger partial charge in [-0.15, -0.1) is 11.3 Å². The molecule has 0 radical (unpaired) electrons. The van der Waals surface area contributed by atoms with E-state index in [9.17, 15) is 31.1 Å². The van der Waals surface area contributed by atoms with Crippen LogP contribution in [0.4, 0.5) is 37.7 Å². The van der Waals surface area contributed by atoms with Crippen LogP contribution >= 0.6 is 27.3 Å². The van der Waals surface area contributed by atoms with Crippen molar-refractivity contribution in [3.05, 3.63) is 68.5 Å². The highest BCUT2D eigenvalue weighted by molar-refractivity contribution is 9.11. The number of hydrogen-bond acceptors (Lipinski definition) is 3. The molecular formula is C23H19BrF6N2OS. The molecule has 0 aliphatic carbocycles. The molecule has 1 amide bonds. The number of nitrogen functional groups attached to an aromatic ring is 1. The Morgan fingerprint density at radius 2 is 1.44 bits per heavy atom. The van der Waals surface area contributed by atoms with Crippen molar-refractivity contribution in [2.75, 3.05) is 11.1 Å². The Morgan fingerprint density at radius 3 is 1.94 bits per heavy atom. The zero-order valence-electron chi connectivity index (χ0n) is 18.1. The van der Waals surface area contributed by atoms with Gasteiger partial charge >= 0.3 is 12.4 Å². The van der Waals surface area contributed by atoms with E-state index >= 15 is 0 Å². The van der Waals surface area contributed by atoms with Crippen LogP contribution in [0.3, 0.4) is 0 Å². The first kappa shape index (κ1) is 26.1. The van der Waals surface area contributed by atoms with Crippen molar-refractivity contribution in [2.24, 2.45) is 0 Å². The minimum Gasteiger partial charge on any atom is -0.395 e. The molecule has 0 fully saturated rings. The minimum atomic E-state index is -5.02. The molecule has 3 N–H and O–H groups in total. The average molecular weight is 565 g/mol. The second kappa shape index (κ2) is 8.92. The van der Waals surface area contributed by atoms with Crippen LogP contribution in [0, 0.1) is 6.92 Å². The molecule has 0 saturated carbocycles. The van der Waals surface area contributed by atoms with Crippen LogP contribution in [0.1, 0.15) is 36.1 Å². The van der Waals surface area contributed by atoms with Gasteiger partial charge in [0.1, 0.15) is 0 Å². The largest absolute Gasteiger partial charge is 0.416 e. The quantitative estimate of drug-likeness (QED) is 0.315. The number of nitrogens with two attached hydrogens (primary N) is 1. The summed E-state index contributed by atoms with van der Waals surface area (Å²) >= 11 is 4.58. The SMILES string of the molecule is Cc1ccccc1-c1sc(Br)c(N)c1NC(=O)C(C)(C)c1cc(C(F)(F)F)cc(C(F)(F)F)c1. The molecule has 11 heteroatoms. The van der Waals surface area contributed by atoms with Crippen molar-refractivity contribution in [3.63, 3.8) is 0 Å². The summed E-state index contributed by atoms with van der Waals surface area (Å²) in [4.78, 5) is 13.9. The van der Waals surface area contributed by atoms with Gasteiger partial charge in [0.2, 0.25) is 5.91 Å². The Hall–Kier alpha value is -2.53. The lowest BCUT2D eigenvalue weighted by Gasteiger charge is -2.26. The zero-order chi connectivity index (χ0) is 25.6. The monoisotopic (exact) mass is 564 g/mol. The molecule has 1 aromatic heterocycles. The van der Waals surface area contributed by atoms with Gasteiger partial charge in [0, 0.05) is 0 Å². The first-order chi connectivity index (χ1) is 15.5. The smallest absolute Gasteiger partial charge is 0.395 e. The Labute approximate surface area is 204 Å². The Balaban J connectivity index is 2.08. The van der Waals surface area contributed by atoms with Gasteiger partial charge in [-0.2, -0.15) is 26.3 Å². The Kier molecular flexibility index (Phi) is 6.84. The van der Waals surface area contributed by atoms with Crippen LogP contribution in [0.25, 0.3) is 10.4 Å². The summed E-state index contributed by atoms with van der Waals surface area (Å²) in [6.07, 6.45) is -10.0. The third-order valence-corrected chi connectivity index (χ3v) is 7.35. The van der Waals surface area contributed by atoms with E-state index < -0.39 is 40.4 Å². The first-order valence-corrected chi connectivity index (χ1v) is 11.4. The van der Waals surface area contributed by atoms with E-state index in [4.69, 9.17) is 5.73 Å². The number of carbonyl (C=O) groups excluding carboxylic acids is 1. The molecule has 3 nitrogen and oxygen atoms in total. The number of benzene rings is 2. The van der Waals surface area contributed by atoms with Crippen LogP contribution in [0.15, 0.2) is 46.3 Å². The minimum absolute atomic E-state index is 0.0295. The number of aryl methyl sites for hydroxylation is 1. The fraction of sp³-hybridized carbons (Fsp3) is 0.261. The van der Waals surface area contributed by atoms with Gasteiger partial charge in [0.05, 0.1) is 36.6 Å². The molecule has 1 heterocycles. The van der Waals surface area contributed by atoms with Crippen molar-refractivity contribution < 1.29 is 31.1 Å². The summed E-state index contributed by atoms with van der Waals surface area (Å²) < 4.78 is 80.4. The number of anilines is 2. The van der Waals surface area contributed by atoms with Crippen molar-refractivity contribution >= 4 is 44.5 Å². The van der Waals surface area contributed by atoms with Crippen LogP contribution in [0.5, 0.6) is 0 Å². The van der Waals surface area contributed by atoms with Crippen LogP contribution in [0.2, 0.25) is 0 Å². The predicted molar refractivity (Wildman–Crippen MR) is 125 cm³/mol. The van der Waals surface area contributed by atoms with E-state index in [0.717, 1.165) is 11.1 Å². The topological polar surface area (TPSA) is 55.1 Å². The summed E-state index contributed by atoms with van der Waals surface area (Å²) in [6, 6.07) is 8.45. The number of thiophene rings is 1. The molecule has 0 saturated heterocycles. The summed E-state index contributed by atoms with van der Waals surface area (Å²) in [7, 11) is 0. The van der Waals surface area contributed by atoms with Gasteiger partial charge < -0.3 is 11.1 Å². The van der Waals surface area contributed by atoms with E-state index in [1.807, 2.05) is 25.1 Å². The average Bonchev–Trinajstić information content (AvgIpc) is 3.00. The van der Waals surface area contributed by atoms with E-state index in [-0.39, 0.29) is 17.4 Å². The van der Waals surface area contributed by atoms with Gasteiger partial charge in [-0.3, -0.25) is 4.79 Å². The van der Waals surface area contributed by atoms with Crippen LogP contribution in [-0.4, -0.2) is 5.91 Å². The number of amides is 1. The molecule has 0 aliphatic rings. The molecule has 3 aromatic rings. The number of carbonyl (C=O) groups is 1. The number of alkyl halides is 6. The molecule has 0 bridgehead atoms. The molecule has 3 rings (SSSR count). The summed E-state index contributed by atoms with van der Waals surface area (Å²) in [6.45, 7) is 4.36. The van der Waals surface area contributed by atoms with E-state index in [2.05, 4.69) is 21.2 Å².